The third kappa shape index (κ3) is 7.78. The Morgan fingerprint density at radius 2 is 1.62 bits per heavy atom. The Kier molecular flexibility index (Phi) is 10.3. The van der Waals surface area contributed by atoms with E-state index in [4.69, 9.17) is 60.6 Å². The fraction of sp³-hybridized carbons (Fsp3) is 0.345. The number of aromatic nitrogens is 2. The molecule has 4 aromatic rings. The van der Waals surface area contributed by atoms with Gasteiger partial charge in [0.1, 0.15) is 18.0 Å². The predicted molar refractivity (Wildman–Crippen MR) is 158 cm³/mol. The van der Waals surface area contributed by atoms with Gasteiger partial charge in [-0.05, 0) is 66.1 Å². The molecule has 0 aliphatic carbocycles. The molecule has 1 aliphatic rings. The molecule has 39 heavy (non-hydrogen) atoms. The van der Waals surface area contributed by atoms with Crippen molar-refractivity contribution < 1.29 is 14.2 Å². The summed E-state index contributed by atoms with van der Waals surface area (Å²) in [6.07, 6.45) is 5.72. The number of H-pyrrole nitrogens is 1. The van der Waals surface area contributed by atoms with Crippen LogP contribution < -0.4 is 0 Å². The molecule has 1 aliphatic heterocycles. The van der Waals surface area contributed by atoms with Gasteiger partial charge in [0, 0.05) is 56.8 Å². The molecule has 3 unspecified atom stereocenters. The Balaban J connectivity index is 1.44. The van der Waals surface area contributed by atoms with Crippen molar-refractivity contribution in [3.8, 4) is 0 Å². The van der Waals surface area contributed by atoms with E-state index in [1.165, 1.54) is 0 Å². The largest absolute Gasteiger partial charge is 0.373 e. The van der Waals surface area contributed by atoms with Crippen LogP contribution in [0.25, 0.3) is 0 Å². The van der Waals surface area contributed by atoms with E-state index in [0.717, 1.165) is 35.3 Å². The summed E-state index contributed by atoms with van der Waals surface area (Å²) in [5, 5.41) is 4.39. The first-order valence-corrected chi connectivity index (χ1v) is 15.2. The van der Waals surface area contributed by atoms with Crippen molar-refractivity contribution >= 4 is 57.7 Å². The molecule has 2 aromatic carbocycles. The summed E-state index contributed by atoms with van der Waals surface area (Å²) in [6.45, 7) is 0.662. The maximum atomic E-state index is 6.82. The van der Waals surface area contributed by atoms with E-state index in [1.54, 1.807) is 35.9 Å². The number of nitrogens with one attached hydrogen (secondary N) is 1. The minimum Gasteiger partial charge on any atom is -0.373 e. The van der Waals surface area contributed by atoms with Gasteiger partial charge in [0.25, 0.3) is 0 Å². The van der Waals surface area contributed by atoms with Gasteiger partial charge in [-0.25, -0.2) is 4.98 Å². The average molecular weight is 626 g/mol. The molecule has 5 nitrogen and oxygen atoms in total. The van der Waals surface area contributed by atoms with E-state index in [0.29, 0.717) is 45.4 Å². The molecule has 1 N–H and O–H groups in total. The van der Waals surface area contributed by atoms with Gasteiger partial charge >= 0.3 is 0 Å². The molecule has 206 valence electrons. The van der Waals surface area contributed by atoms with Crippen molar-refractivity contribution in [1.29, 1.82) is 0 Å². The maximum absolute atomic E-state index is 6.82. The summed E-state index contributed by atoms with van der Waals surface area (Å²) in [7, 11) is 0. The number of ether oxygens (including phenoxy) is 3. The lowest BCUT2D eigenvalue weighted by Gasteiger charge is -2.35. The van der Waals surface area contributed by atoms with Crippen LogP contribution in [-0.4, -0.2) is 29.0 Å². The van der Waals surface area contributed by atoms with Crippen molar-refractivity contribution in [2.45, 2.75) is 56.7 Å². The van der Waals surface area contributed by atoms with Crippen LogP contribution in [0.2, 0.25) is 20.1 Å². The number of thiophene rings is 1. The summed E-state index contributed by atoms with van der Waals surface area (Å²) in [6, 6.07) is 15.1. The Hall–Kier alpha value is -1.61. The molecule has 0 saturated carbocycles. The van der Waals surface area contributed by atoms with Gasteiger partial charge in [-0.2, -0.15) is 0 Å². The van der Waals surface area contributed by atoms with Gasteiger partial charge in [-0.1, -0.05) is 64.6 Å². The normalized spacial score (nSPS) is 18.1. The molecule has 3 heterocycles. The second kappa shape index (κ2) is 13.8. The second-order valence-corrected chi connectivity index (χ2v) is 12.1. The summed E-state index contributed by atoms with van der Waals surface area (Å²) >= 11 is 27.0. The molecule has 1 fully saturated rings. The van der Waals surface area contributed by atoms with Crippen molar-refractivity contribution in [3.63, 3.8) is 0 Å². The third-order valence-electron chi connectivity index (χ3n) is 6.64. The summed E-state index contributed by atoms with van der Waals surface area (Å²) in [4.78, 5) is 8.77. The van der Waals surface area contributed by atoms with Crippen molar-refractivity contribution in [2.75, 3.05) is 6.61 Å². The Morgan fingerprint density at radius 1 is 0.923 bits per heavy atom. The topological polar surface area (TPSA) is 56.4 Å². The van der Waals surface area contributed by atoms with Crippen molar-refractivity contribution in [2.24, 2.45) is 0 Å². The molecule has 2 aromatic heterocycles. The minimum absolute atomic E-state index is 0.236. The van der Waals surface area contributed by atoms with Crippen molar-refractivity contribution in [1.82, 2.24) is 9.97 Å². The first-order chi connectivity index (χ1) is 19.0. The lowest BCUT2D eigenvalue weighted by atomic mass is 10.0. The zero-order valence-electron chi connectivity index (χ0n) is 21.0. The average Bonchev–Trinajstić information content (AvgIpc) is 3.66. The monoisotopic (exact) mass is 624 g/mol. The summed E-state index contributed by atoms with van der Waals surface area (Å²) < 4.78 is 19.8. The van der Waals surface area contributed by atoms with Gasteiger partial charge in [0.15, 0.2) is 6.29 Å². The highest BCUT2D eigenvalue weighted by atomic mass is 35.5. The number of halogens is 4. The van der Waals surface area contributed by atoms with Crippen LogP contribution in [0.15, 0.2) is 66.3 Å². The molecule has 5 rings (SSSR count). The fourth-order valence-corrected chi connectivity index (χ4v) is 6.37. The van der Waals surface area contributed by atoms with E-state index in [9.17, 15) is 0 Å². The highest BCUT2D eigenvalue weighted by Crippen LogP contribution is 2.36. The summed E-state index contributed by atoms with van der Waals surface area (Å²) in [5.41, 5.74) is 1.84. The van der Waals surface area contributed by atoms with E-state index in [1.807, 2.05) is 35.7 Å². The summed E-state index contributed by atoms with van der Waals surface area (Å²) in [5.74, 6) is 0.679. The van der Waals surface area contributed by atoms with Crippen LogP contribution in [0.4, 0.5) is 0 Å². The van der Waals surface area contributed by atoms with Gasteiger partial charge in [0.2, 0.25) is 0 Å². The number of hydrogen-bond donors (Lipinski definition) is 1. The molecular formula is C29H28Cl4N2O3S. The smallest absolute Gasteiger partial charge is 0.185 e. The number of benzene rings is 2. The van der Waals surface area contributed by atoms with E-state index in [-0.39, 0.29) is 12.2 Å². The molecule has 0 radical (unpaired) electrons. The molecule has 0 amide bonds. The maximum Gasteiger partial charge on any atom is 0.185 e. The third-order valence-corrected chi connectivity index (χ3v) is 8.78. The van der Waals surface area contributed by atoms with Gasteiger partial charge in [-0.3, -0.25) is 0 Å². The predicted octanol–water partition coefficient (Wildman–Crippen LogP) is 9.28. The molecule has 0 bridgehead atoms. The second-order valence-electron chi connectivity index (χ2n) is 9.39. The Morgan fingerprint density at radius 3 is 2.18 bits per heavy atom. The van der Waals surface area contributed by atoms with E-state index >= 15 is 0 Å². The van der Waals surface area contributed by atoms with Crippen LogP contribution >= 0.6 is 57.7 Å². The molecule has 0 spiro atoms. The molecule has 10 heteroatoms. The van der Waals surface area contributed by atoms with Crippen LogP contribution in [-0.2, 0) is 27.1 Å². The van der Waals surface area contributed by atoms with Crippen LogP contribution in [0.5, 0.6) is 0 Å². The number of imidazole rings is 1. The van der Waals surface area contributed by atoms with Crippen LogP contribution in [0, 0.1) is 0 Å². The highest BCUT2D eigenvalue weighted by Gasteiger charge is 2.33. The molecule has 1 saturated heterocycles. The Labute approximate surface area is 252 Å². The minimum atomic E-state index is -0.662. The van der Waals surface area contributed by atoms with Crippen molar-refractivity contribution in [3.05, 3.63) is 108 Å². The molecular weight excluding hydrogens is 598 g/mol. The zero-order chi connectivity index (χ0) is 27.2. The standard InChI is InChI=1S/C29H28Cl4N2O3S/c30-20-8-6-18(22(32)16-20)14-25(27-5-3-13-39-27)37-29(24-4-1-2-12-36-24)38-26(28-34-10-11-35-28)15-19-7-9-21(31)17-23(19)33/h3,5-11,13,16-17,24-26,29H,1-2,4,12,14-15H2,(H,34,35)/t24?,25?,26?,29-/m1/s1. The van der Waals surface area contributed by atoms with Gasteiger partial charge < -0.3 is 19.2 Å². The van der Waals surface area contributed by atoms with Gasteiger partial charge in [0.05, 0.1) is 6.10 Å². The van der Waals surface area contributed by atoms with E-state index in [2.05, 4.69) is 16.0 Å². The van der Waals surface area contributed by atoms with Crippen LogP contribution in [0.3, 0.4) is 0 Å². The van der Waals surface area contributed by atoms with Gasteiger partial charge in [-0.15, -0.1) is 11.3 Å². The highest BCUT2D eigenvalue weighted by molar-refractivity contribution is 7.10. The number of aromatic amines is 1. The quantitative estimate of drug-likeness (QED) is 0.169. The lowest BCUT2D eigenvalue weighted by Crippen LogP contribution is -2.39. The number of rotatable bonds is 11. The van der Waals surface area contributed by atoms with E-state index < -0.39 is 12.4 Å². The fourth-order valence-electron chi connectivity index (χ4n) is 4.64. The Bertz CT molecular complexity index is 1240. The number of hydrogen-bond acceptors (Lipinski definition) is 5. The number of nitrogens with zero attached hydrogens (tertiary/aromatic N) is 1. The first-order valence-electron chi connectivity index (χ1n) is 12.8. The SMILES string of the molecule is Clc1ccc(CC(O[C@@H](OC(Cc2ccc(Cl)cc2Cl)c2cccs2)C2CCCCO2)c2ncc[nH]2)c(Cl)c1. The first kappa shape index (κ1) is 28.9. The lowest BCUT2D eigenvalue weighted by molar-refractivity contribution is -0.254. The molecule has 4 atom stereocenters. The zero-order valence-corrected chi connectivity index (χ0v) is 24.8. The van der Waals surface area contributed by atoms with Crippen LogP contribution in [0.1, 0.15) is 53.3 Å².